The Kier molecular flexibility index (Phi) is 5.21. The fraction of sp³-hybridized carbons (Fsp3) is 0.350. The van der Waals surface area contributed by atoms with Crippen molar-refractivity contribution in [2.45, 2.75) is 19.4 Å². The summed E-state index contributed by atoms with van der Waals surface area (Å²) in [6.07, 6.45) is 0.860. The van der Waals surface area contributed by atoms with Gasteiger partial charge in [0.05, 0.1) is 6.04 Å². The summed E-state index contributed by atoms with van der Waals surface area (Å²) in [5, 5.41) is 3.35. The van der Waals surface area contributed by atoms with Gasteiger partial charge in [-0.25, -0.2) is 0 Å². The molecule has 120 valence electrons. The Hall–Kier alpha value is -1.97. The van der Waals surface area contributed by atoms with Crippen LogP contribution in [0.3, 0.4) is 0 Å². The number of nitrogens with zero attached hydrogens (tertiary/aromatic N) is 1. The van der Waals surface area contributed by atoms with Gasteiger partial charge < -0.3 is 5.32 Å². The Morgan fingerprint density at radius 3 is 2.22 bits per heavy atom. The molecule has 1 unspecified atom stereocenters. The van der Waals surface area contributed by atoms with Crippen molar-refractivity contribution < 1.29 is 4.79 Å². The fourth-order valence-corrected chi connectivity index (χ4v) is 3.25. The van der Waals surface area contributed by atoms with Gasteiger partial charge >= 0.3 is 0 Å². The minimum Gasteiger partial charge on any atom is -0.314 e. The summed E-state index contributed by atoms with van der Waals surface area (Å²) in [7, 11) is 0. The van der Waals surface area contributed by atoms with Crippen LogP contribution in [0, 0.1) is 0 Å². The minimum atomic E-state index is -0.000301. The van der Waals surface area contributed by atoms with Gasteiger partial charge in [-0.1, -0.05) is 61.5 Å². The Morgan fingerprint density at radius 1 is 1.00 bits per heavy atom. The Bertz CT molecular complexity index is 630. The van der Waals surface area contributed by atoms with E-state index in [1.54, 1.807) is 0 Å². The first kappa shape index (κ1) is 15.9. The molecule has 1 saturated heterocycles. The van der Waals surface area contributed by atoms with Crippen LogP contribution in [0.1, 0.15) is 23.7 Å². The minimum absolute atomic E-state index is 0.000301. The van der Waals surface area contributed by atoms with Crippen LogP contribution in [0.25, 0.3) is 11.1 Å². The lowest BCUT2D eigenvalue weighted by Crippen LogP contribution is -2.51. The van der Waals surface area contributed by atoms with E-state index in [1.165, 1.54) is 5.56 Å². The molecule has 0 radical (unpaired) electrons. The molecular formula is C20H24N2O. The fourth-order valence-electron chi connectivity index (χ4n) is 3.25. The van der Waals surface area contributed by atoms with Gasteiger partial charge in [0, 0.05) is 31.7 Å². The van der Waals surface area contributed by atoms with Crippen molar-refractivity contribution in [3.63, 3.8) is 0 Å². The summed E-state index contributed by atoms with van der Waals surface area (Å²) in [5.41, 5.74) is 3.15. The quantitative estimate of drug-likeness (QED) is 0.861. The molecule has 0 saturated carbocycles. The van der Waals surface area contributed by atoms with Crippen molar-refractivity contribution in [3.05, 3.63) is 60.2 Å². The van der Waals surface area contributed by atoms with Gasteiger partial charge in [-0.05, 0) is 17.5 Å². The monoisotopic (exact) mass is 308 g/mol. The molecule has 1 aliphatic heterocycles. The van der Waals surface area contributed by atoms with Gasteiger partial charge in [0.1, 0.15) is 0 Å². The highest BCUT2D eigenvalue weighted by Gasteiger charge is 2.26. The number of rotatable bonds is 5. The van der Waals surface area contributed by atoms with Crippen molar-refractivity contribution in [1.82, 2.24) is 10.2 Å². The van der Waals surface area contributed by atoms with Crippen LogP contribution in [-0.2, 0) is 0 Å². The summed E-state index contributed by atoms with van der Waals surface area (Å²) < 4.78 is 0. The van der Waals surface area contributed by atoms with Crippen LogP contribution in [0.15, 0.2) is 54.6 Å². The molecule has 3 rings (SSSR count). The highest BCUT2D eigenvalue weighted by molar-refractivity contribution is 6.00. The summed E-state index contributed by atoms with van der Waals surface area (Å²) in [4.78, 5) is 15.2. The number of nitrogens with one attached hydrogen (secondary N) is 1. The molecule has 1 heterocycles. The van der Waals surface area contributed by atoms with Gasteiger partial charge in [-0.15, -0.1) is 0 Å². The van der Waals surface area contributed by atoms with Gasteiger partial charge in [-0.2, -0.15) is 0 Å². The van der Waals surface area contributed by atoms with Gasteiger partial charge in [0.15, 0.2) is 5.78 Å². The first-order valence-electron chi connectivity index (χ1n) is 8.44. The standard InChI is InChI=1S/C20H24N2O/c1-2-19(22-14-12-21-13-15-22)20(23)18-10-8-17(9-11-18)16-6-4-3-5-7-16/h3-11,19,21H,2,12-15H2,1H3. The van der Waals surface area contributed by atoms with Crippen LogP contribution in [0.2, 0.25) is 0 Å². The maximum atomic E-state index is 12.9. The summed E-state index contributed by atoms with van der Waals surface area (Å²) in [5.74, 6) is 0.244. The molecular weight excluding hydrogens is 284 g/mol. The van der Waals surface area contributed by atoms with Gasteiger partial charge in [0.2, 0.25) is 0 Å². The second kappa shape index (κ2) is 7.53. The van der Waals surface area contributed by atoms with Crippen LogP contribution in [-0.4, -0.2) is 42.9 Å². The molecule has 2 aromatic rings. The maximum Gasteiger partial charge on any atom is 0.179 e. The third kappa shape index (κ3) is 3.69. The number of hydrogen-bond donors (Lipinski definition) is 1. The lowest BCUT2D eigenvalue weighted by Gasteiger charge is -2.33. The number of carbonyl (C=O) groups excluding carboxylic acids is 1. The molecule has 1 aliphatic rings. The first-order valence-corrected chi connectivity index (χ1v) is 8.44. The van der Waals surface area contributed by atoms with Crippen LogP contribution >= 0.6 is 0 Å². The SMILES string of the molecule is CCC(C(=O)c1ccc(-c2ccccc2)cc1)N1CCNCC1. The number of carbonyl (C=O) groups is 1. The van der Waals surface area contributed by atoms with Crippen molar-refractivity contribution in [3.8, 4) is 11.1 Å². The van der Waals surface area contributed by atoms with E-state index in [9.17, 15) is 4.79 Å². The Morgan fingerprint density at radius 2 is 1.61 bits per heavy atom. The normalized spacial score (nSPS) is 16.9. The number of Topliss-reactive ketones (excluding diaryl/α,β-unsaturated/α-hetero) is 1. The van der Waals surface area contributed by atoms with Gasteiger partial charge in [-0.3, -0.25) is 9.69 Å². The molecule has 2 aromatic carbocycles. The van der Waals surface area contributed by atoms with Gasteiger partial charge in [0.25, 0.3) is 0 Å². The predicted octanol–water partition coefficient (Wildman–Crippen LogP) is 3.22. The van der Waals surface area contributed by atoms with E-state index in [2.05, 4.69) is 29.3 Å². The van der Waals surface area contributed by atoms with E-state index in [-0.39, 0.29) is 11.8 Å². The van der Waals surface area contributed by atoms with Crippen molar-refractivity contribution in [2.75, 3.05) is 26.2 Å². The summed E-state index contributed by atoms with van der Waals surface area (Å²) in [6, 6.07) is 18.3. The predicted molar refractivity (Wildman–Crippen MR) is 94.7 cm³/mol. The Balaban J connectivity index is 1.76. The second-order valence-electron chi connectivity index (χ2n) is 6.02. The molecule has 3 nitrogen and oxygen atoms in total. The van der Waals surface area contributed by atoms with Crippen molar-refractivity contribution in [2.24, 2.45) is 0 Å². The maximum absolute atomic E-state index is 12.9. The number of ketones is 1. The lowest BCUT2D eigenvalue weighted by atomic mass is 9.97. The molecule has 0 spiro atoms. The summed E-state index contributed by atoms with van der Waals surface area (Å²) in [6.45, 7) is 5.94. The van der Waals surface area contributed by atoms with E-state index >= 15 is 0 Å². The highest BCUT2D eigenvalue weighted by atomic mass is 16.1. The molecule has 3 heteroatoms. The zero-order valence-corrected chi connectivity index (χ0v) is 13.7. The third-order valence-corrected chi connectivity index (χ3v) is 4.56. The zero-order valence-electron chi connectivity index (χ0n) is 13.7. The molecule has 0 aromatic heterocycles. The van der Waals surface area contributed by atoms with E-state index in [4.69, 9.17) is 0 Å². The van der Waals surface area contributed by atoms with E-state index in [0.717, 1.165) is 43.7 Å². The highest BCUT2D eigenvalue weighted by Crippen LogP contribution is 2.21. The van der Waals surface area contributed by atoms with E-state index in [0.29, 0.717) is 0 Å². The molecule has 0 amide bonds. The summed E-state index contributed by atoms with van der Waals surface area (Å²) >= 11 is 0. The first-order chi connectivity index (χ1) is 11.3. The van der Waals surface area contributed by atoms with Crippen LogP contribution in [0.5, 0.6) is 0 Å². The number of hydrogen-bond acceptors (Lipinski definition) is 3. The van der Waals surface area contributed by atoms with Crippen molar-refractivity contribution in [1.29, 1.82) is 0 Å². The average molecular weight is 308 g/mol. The van der Waals surface area contributed by atoms with Crippen molar-refractivity contribution >= 4 is 5.78 Å². The molecule has 1 atom stereocenters. The largest absolute Gasteiger partial charge is 0.314 e. The molecule has 1 N–H and O–H groups in total. The van der Waals surface area contributed by atoms with E-state index in [1.807, 2.05) is 42.5 Å². The van der Waals surface area contributed by atoms with Crippen LogP contribution in [0.4, 0.5) is 0 Å². The molecule has 23 heavy (non-hydrogen) atoms. The van der Waals surface area contributed by atoms with E-state index < -0.39 is 0 Å². The average Bonchev–Trinajstić information content (AvgIpc) is 2.64. The topological polar surface area (TPSA) is 32.3 Å². The number of benzene rings is 2. The second-order valence-corrected chi connectivity index (χ2v) is 6.02. The zero-order chi connectivity index (χ0) is 16.1. The Labute approximate surface area is 138 Å². The lowest BCUT2D eigenvalue weighted by molar-refractivity contribution is 0.0790. The smallest absolute Gasteiger partial charge is 0.179 e. The third-order valence-electron chi connectivity index (χ3n) is 4.56. The molecule has 1 fully saturated rings. The molecule has 0 bridgehead atoms. The van der Waals surface area contributed by atoms with Crippen LogP contribution < -0.4 is 5.32 Å². The molecule has 0 aliphatic carbocycles. The number of piperazine rings is 1.